The van der Waals surface area contributed by atoms with Gasteiger partial charge in [0, 0.05) is 73.5 Å². The van der Waals surface area contributed by atoms with Gasteiger partial charge in [-0.1, -0.05) is 12.1 Å². The van der Waals surface area contributed by atoms with Crippen molar-refractivity contribution in [1.29, 1.82) is 0 Å². The number of aliphatic hydroxyl groups is 1. The van der Waals surface area contributed by atoms with E-state index in [1.165, 1.54) is 5.69 Å². The van der Waals surface area contributed by atoms with Gasteiger partial charge in [-0.2, -0.15) is 0 Å². The van der Waals surface area contributed by atoms with Crippen LogP contribution >= 0.6 is 0 Å². The topological polar surface area (TPSA) is 156 Å². The van der Waals surface area contributed by atoms with Crippen LogP contribution in [0.15, 0.2) is 60.8 Å². The predicted octanol–water partition coefficient (Wildman–Crippen LogP) is 4.07. The first-order valence-electron chi connectivity index (χ1n) is 18.9. The Morgan fingerprint density at radius 3 is 2.13 bits per heavy atom. The first-order chi connectivity index (χ1) is 25.1. The molecule has 3 aromatic rings. The minimum Gasteiger partial charge on any atom is -0.393 e. The summed E-state index contributed by atoms with van der Waals surface area (Å²) in [6.45, 7) is 6.16. The highest BCUT2D eigenvalue weighted by Gasteiger charge is 2.42. The van der Waals surface area contributed by atoms with Crippen LogP contribution in [-0.2, 0) is 0 Å². The number of nitrogens with one attached hydrogen (secondary N) is 3. The fourth-order valence-corrected chi connectivity index (χ4v) is 8.47. The van der Waals surface area contributed by atoms with Crippen molar-refractivity contribution in [1.82, 2.24) is 20.5 Å². The van der Waals surface area contributed by atoms with E-state index in [0.29, 0.717) is 35.2 Å². The van der Waals surface area contributed by atoms with Gasteiger partial charge in [-0.25, -0.2) is 4.98 Å². The van der Waals surface area contributed by atoms with E-state index in [0.717, 1.165) is 76.1 Å². The number of piperidine rings is 1. The number of rotatable bonds is 10. The average molecular weight is 709 g/mol. The standard InChI is InChI=1S/C40H52N8O4/c1-25(26-3-9-31(10-4-26)47-19-17-46(2)18-20-47)43-40(52)28-6-16-37(42-24-28)48-32-11-12-33(48)23-30(22-32)45-39(51)27-5-15-35(38(41)50)36(21-27)44-29-7-13-34(49)14-8-29/h3-6,9-10,15-16,21,24-25,29-30,32-34,44,49H,7-8,11-14,17-20,22-23H2,1-2H3,(H2,41,50)(H,43,52)(H,45,51)/t25-,29?,30-,32+,33-,34?/m0/s1. The molecule has 0 unspecified atom stereocenters. The smallest absolute Gasteiger partial charge is 0.253 e. The van der Waals surface area contributed by atoms with Crippen molar-refractivity contribution in [2.75, 3.05) is 48.3 Å². The number of likely N-dealkylation sites (N-methyl/N-ethyl adjacent to an activating group) is 1. The summed E-state index contributed by atoms with van der Waals surface area (Å²) in [4.78, 5) is 50.7. The number of primary amides is 1. The Hall–Kier alpha value is -4.68. The predicted molar refractivity (Wildman–Crippen MR) is 203 cm³/mol. The number of nitrogens with zero attached hydrogens (tertiary/aromatic N) is 4. The lowest BCUT2D eigenvalue weighted by Crippen LogP contribution is -2.50. The van der Waals surface area contributed by atoms with Crippen LogP contribution < -0.4 is 31.5 Å². The van der Waals surface area contributed by atoms with Gasteiger partial charge in [0.25, 0.3) is 17.7 Å². The molecule has 2 aromatic carbocycles. The molecule has 12 heteroatoms. The summed E-state index contributed by atoms with van der Waals surface area (Å²) < 4.78 is 0. The van der Waals surface area contributed by atoms with Crippen LogP contribution in [0.3, 0.4) is 0 Å². The van der Waals surface area contributed by atoms with Crippen molar-refractivity contribution in [3.63, 3.8) is 0 Å². The largest absolute Gasteiger partial charge is 0.393 e. The van der Waals surface area contributed by atoms with Crippen LogP contribution in [0.5, 0.6) is 0 Å². The van der Waals surface area contributed by atoms with Crippen molar-refractivity contribution >= 4 is 34.9 Å². The molecule has 52 heavy (non-hydrogen) atoms. The lowest BCUT2D eigenvalue weighted by molar-refractivity contribution is 0.0922. The molecule has 0 radical (unpaired) electrons. The molecule has 1 aliphatic carbocycles. The van der Waals surface area contributed by atoms with E-state index < -0.39 is 5.91 Å². The second-order valence-corrected chi connectivity index (χ2v) is 15.2. The highest BCUT2D eigenvalue weighted by Crippen LogP contribution is 2.39. The maximum atomic E-state index is 13.5. The van der Waals surface area contributed by atoms with Crippen molar-refractivity contribution < 1.29 is 19.5 Å². The maximum absolute atomic E-state index is 13.5. The lowest BCUT2D eigenvalue weighted by atomic mass is 9.92. The second kappa shape index (κ2) is 15.5. The highest BCUT2D eigenvalue weighted by atomic mass is 16.3. The van der Waals surface area contributed by atoms with Crippen LogP contribution in [0.25, 0.3) is 0 Å². The molecule has 1 aromatic heterocycles. The van der Waals surface area contributed by atoms with Crippen LogP contribution in [0.1, 0.15) is 101 Å². The zero-order valence-corrected chi connectivity index (χ0v) is 30.3. The average Bonchev–Trinajstić information content (AvgIpc) is 3.42. The molecule has 3 amide bonds. The maximum Gasteiger partial charge on any atom is 0.253 e. The number of piperazine rings is 1. The fraction of sp³-hybridized carbons (Fsp3) is 0.500. The van der Waals surface area contributed by atoms with Gasteiger partial charge >= 0.3 is 0 Å². The lowest BCUT2D eigenvalue weighted by Gasteiger charge is -2.40. The summed E-state index contributed by atoms with van der Waals surface area (Å²) in [6, 6.07) is 17.7. The van der Waals surface area contributed by atoms with E-state index in [2.05, 4.69) is 62.0 Å². The van der Waals surface area contributed by atoms with Gasteiger partial charge in [-0.05, 0) is 113 Å². The highest BCUT2D eigenvalue weighted by molar-refractivity contribution is 6.02. The van der Waals surface area contributed by atoms with Gasteiger partial charge in [0.2, 0.25) is 0 Å². The normalized spacial score (nSPS) is 25.3. The zero-order valence-electron chi connectivity index (χ0n) is 30.3. The zero-order chi connectivity index (χ0) is 36.4. The summed E-state index contributed by atoms with van der Waals surface area (Å²) >= 11 is 0. The number of carbonyl (C=O) groups is 3. The van der Waals surface area contributed by atoms with Crippen LogP contribution in [0.4, 0.5) is 17.2 Å². The molecule has 6 N–H and O–H groups in total. The SMILES string of the molecule is C[C@H](NC(=O)c1ccc(N2[C@@H]3CC[C@H]2C[C@@H](NC(=O)c2ccc(C(N)=O)c(NC4CCC(O)CC4)c2)C3)nc1)c1ccc(N2CCN(C)CC2)cc1. The molecular weight excluding hydrogens is 656 g/mol. The van der Waals surface area contributed by atoms with Crippen molar-refractivity contribution in [3.05, 3.63) is 83.0 Å². The Balaban J connectivity index is 0.930. The van der Waals surface area contributed by atoms with Gasteiger partial charge in [-0.15, -0.1) is 0 Å². The van der Waals surface area contributed by atoms with Crippen LogP contribution in [-0.4, -0.2) is 96.2 Å². The first-order valence-corrected chi connectivity index (χ1v) is 18.9. The van der Waals surface area contributed by atoms with E-state index in [4.69, 9.17) is 10.7 Å². The van der Waals surface area contributed by atoms with Gasteiger partial charge in [0.05, 0.1) is 23.3 Å². The summed E-state index contributed by atoms with van der Waals surface area (Å²) in [5.74, 6) is -0.0219. The Morgan fingerprint density at radius 1 is 0.827 bits per heavy atom. The Kier molecular flexibility index (Phi) is 10.7. The first kappa shape index (κ1) is 35.7. The van der Waals surface area contributed by atoms with Crippen LogP contribution in [0, 0.1) is 0 Å². The van der Waals surface area contributed by atoms with Gasteiger partial charge in [0.15, 0.2) is 0 Å². The molecule has 2 bridgehead atoms. The number of aliphatic hydroxyl groups excluding tert-OH is 1. The van der Waals surface area contributed by atoms with Gasteiger partial charge in [-0.3, -0.25) is 14.4 Å². The second-order valence-electron chi connectivity index (χ2n) is 15.2. The number of carbonyl (C=O) groups excluding carboxylic acids is 3. The molecule has 4 heterocycles. The van der Waals surface area contributed by atoms with Gasteiger partial charge < -0.3 is 41.5 Å². The molecule has 276 valence electrons. The molecule has 1 saturated carbocycles. The molecule has 4 atom stereocenters. The van der Waals surface area contributed by atoms with E-state index in [1.807, 2.05) is 19.1 Å². The number of nitrogens with two attached hydrogens (primary N) is 1. The number of pyridine rings is 1. The van der Waals surface area contributed by atoms with Gasteiger partial charge in [0.1, 0.15) is 5.82 Å². The van der Waals surface area contributed by atoms with E-state index in [-0.39, 0.29) is 48.1 Å². The monoisotopic (exact) mass is 708 g/mol. The summed E-state index contributed by atoms with van der Waals surface area (Å²) in [7, 11) is 2.15. The third-order valence-corrected chi connectivity index (χ3v) is 11.6. The summed E-state index contributed by atoms with van der Waals surface area (Å²) in [5, 5.41) is 19.7. The Bertz CT molecular complexity index is 1720. The number of fused-ring (bicyclic) bond motifs is 2. The molecule has 0 spiro atoms. The number of anilines is 3. The Labute approximate surface area is 306 Å². The molecule has 3 saturated heterocycles. The van der Waals surface area contributed by atoms with E-state index in [9.17, 15) is 19.5 Å². The number of hydrogen-bond donors (Lipinski definition) is 5. The molecule has 4 aliphatic rings. The van der Waals surface area contributed by atoms with Crippen LogP contribution in [0.2, 0.25) is 0 Å². The summed E-state index contributed by atoms with van der Waals surface area (Å²) in [5.41, 5.74) is 9.84. The summed E-state index contributed by atoms with van der Waals surface area (Å²) in [6.07, 6.45) is 7.98. The minimum absolute atomic E-state index is 0.00969. The minimum atomic E-state index is -0.548. The number of hydrogen-bond acceptors (Lipinski definition) is 9. The van der Waals surface area contributed by atoms with Crippen molar-refractivity contribution in [2.24, 2.45) is 5.73 Å². The van der Waals surface area contributed by atoms with E-state index in [1.54, 1.807) is 24.4 Å². The molecule has 12 nitrogen and oxygen atoms in total. The fourth-order valence-electron chi connectivity index (χ4n) is 8.47. The number of aromatic nitrogens is 1. The molecular formula is C40H52N8O4. The molecule has 3 aliphatic heterocycles. The third-order valence-electron chi connectivity index (χ3n) is 11.6. The number of amides is 3. The quantitative estimate of drug-likeness (QED) is 0.210. The number of benzene rings is 2. The van der Waals surface area contributed by atoms with Crippen molar-refractivity contribution in [2.45, 2.75) is 94.6 Å². The third kappa shape index (κ3) is 8.03. The van der Waals surface area contributed by atoms with E-state index >= 15 is 0 Å². The van der Waals surface area contributed by atoms with Crippen molar-refractivity contribution in [3.8, 4) is 0 Å². The molecule has 4 fully saturated rings. The Morgan fingerprint density at radius 2 is 1.50 bits per heavy atom. The molecule has 7 rings (SSSR count).